The SMILES string of the molecule is Cc1cc2nc(OC(C)C)c(C(=O)Nc3ccc(C)c(F)c3)nc2cc1C. The molecule has 1 aromatic heterocycles. The van der Waals surface area contributed by atoms with Crippen molar-refractivity contribution in [2.75, 3.05) is 5.32 Å². The number of carbonyl (C=O) groups is 1. The lowest BCUT2D eigenvalue weighted by atomic mass is 10.1. The molecule has 0 fully saturated rings. The summed E-state index contributed by atoms with van der Waals surface area (Å²) >= 11 is 0. The molecule has 0 atom stereocenters. The number of aromatic nitrogens is 2. The number of halogens is 1. The van der Waals surface area contributed by atoms with Crippen LogP contribution in [-0.4, -0.2) is 22.0 Å². The summed E-state index contributed by atoms with van der Waals surface area (Å²) in [6, 6.07) is 8.33. The minimum absolute atomic E-state index is 0.0698. The summed E-state index contributed by atoms with van der Waals surface area (Å²) in [4.78, 5) is 21.8. The third kappa shape index (κ3) is 4.05. The van der Waals surface area contributed by atoms with E-state index >= 15 is 0 Å². The molecule has 0 unspecified atom stereocenters. The fraction of sp³-hybridized carbons (Fsp3) is 0.286. The molecule has 2 aromatic carbocycles. The van der Waals surface area contributed by atoms with E-state index in [0.717, 1.165) is 11.1 Å². The summed E-state index contributed by atoms with van der Waals surface area (Å²) in [5.41, 5.74) is 4.33. The van der Waals surface area contributed by atoms with Gasteiger partial charge < -0.3 is 10.1 Å². The van der Waals surface area contributed by atoms with Gasteiger partial charge >= 0.3 is 0 Å². The Hall–Kier alpha value is -3.02. The molecule has 3 aromatic rings. The van der Waals surface area contributed by atoms with Crippen LogP contribution in [0.3, 0.4) is 0 Å². The quantitative estimate of drug-likeness (QED) is 0.724. The number of aryl methyl sites for hydroxylation is 3. The second-order valence-corrected chi connectivity index (χ2v) is 6.89. The number of benzene rings is 2. The summed E-state index contributed by atoms with van der Waals surface area (Å²) < 4.78 is 19.5. The van der Waals surface area contributed by atoms with E-state index in [1.54, 1.807) is 19.1 Å². The van der Waals surface area contributed by atoms with Crippen LogP contribution in [0.25, 0.3) is 11.0 Å². The lowest BCUT2D eigenvalue weighted by Gasteiger charge is -2.14. The van der Waals surface area contributed by atoms with E-state index in [4.69, 9.17) is 4.74 Å². The van der Waals surface area contributed by atoms with Crippen LogP contribution in [0.5, 0.6) is 5.88 Å². The van der Waals surface area contributed by atoms with E-state index in [-0.39, 0.29) is 23.5 Å². The predicted molar refractivity (Wildman–Crippen MR) is 104 cm³/mol. The number of hydrogen-bond donors (Lipinski definition) is 1. The second kappa shape index (κ2) is 7.31. The average Bonchev–Trinajstić information content (AvgIpc) is 2.58. The maximum Gasteiger partial charge on any atom is 0.279 e. The van der Waals surface area contributed by atoms with Crippen LogP contribution in [0.2, 0.25) is 0 Å². The van der Waals surface area contributed by atoms with Crippen LogP contribution in [0, 0.1) is 26.6 Å². The Kier molecular flexibility index (Phi) is 5.08. The van der Waals surface area contributed by atoms with Gasteiger partial charge in [0.1, 0.15) is 5.82 Å². The normalized spacial score (nSPS) is 11.1. The molecule has 3 rings (SSSR count). The van der Waals surface area contributed by atoms with Gasteiger partial charge in [0.25, 0.3) is 5.91 Å². The summed E-state index contributed by atoms with van der Waals surface area (Å²) in [5, 5.41) is 2.67. The third-order valence-corrected chi connectivity index (χ3v) is 4.24. The molecule has 0 spiro atoms. The first-order chi connectivity index (χ1) is 12.7. The number of nitrogens with zero attached hydrogens (tertiary/aromatic N) is 2. The minimum Gasteiger partial charge on any atom is -0.473 e. The van der Waals surface area contributed by atoms with Crippen molar-refractivity contribution >= 4 is 22.6 Å². The van der Waals surface area contributed by atoms with Crippen molar-refractivity contribution in [3.8, 4) is 5.88 Å². The molecule has 1 amide bonds. The van der Waals surface area contributed by atoms with Gasteiger partial charge in [0, 0.05) is 5.69 Å². The van der Waals surface area contributed by atoms with Gasteiger partial charge in [0.2, 0.25) is 5.88 Å². The number of carbonyl (C=O) groups excluding carboxylic acids is 1. The molecule has 140 valence electrons. The molecule has 6 heteroatoms. The molecule has 1 heterocycles. The Morgan fingerprint density at radius 1 is 1.00 bits per heavy atom. The highest BCUT2D eigenvalue weighted by atomic mass is 19.1. The third-order valence-electron chi connectivity index (χ3n) is 4.24. The van der Waals surface area contributed by atoms with Gasteiger partial charge in [-0.1, -0.05) is 6.07 Å². The molecule has 0 saturated heterocycles. The number of amides is 1. The van der Waals surface area contributed by atoms with E-state index in [0.29, 0.717) is 22.3 Å². The zero-order chi connectivity index (χ0) is 19.7. The molecule has 0 aliphatic heterocycles. The van der Waals surface area contributed by atoms with Gasteiger partial charge in [-0.05, 0) is 75.6 Å². The minimum atomic E-state index is -0.499. The maximum atomic E-state index is 13.8. The summed E-state index contributed by atoms with van der Waals surface area (Å²) in [6.45, 7) is 9.33. The van der Waals surface area contributed by atoms with Crippen LogP contribution in [0.15, 0.2) is 30.3 Å². The van der Waals surface area contributed by atoms with Crippen LogP contribution < -0.4 is 10.1 Å². The molecule has 0 aliphatic rings. The second-order valence-electron chi connectivity index (χ2n) is 6.89. The smallest absolute Gasteiger partial charge is 0.279 e. The fourth-order valence-electron chi connectivity index (χ4n) is 2.61. The number of rotatable bonds is 4. The first-order valence-corrected chi connectivity index (χ1v) is 8.77. The highest BCUT2D eigenvalue weighted by Crippen LogP contribution is 2.24. The number of ether oxygens (including phenoxy) is 1. The Bertz CT molecular complexity index is 1030. The Morgan fingerprint density at radius 2 is 1.63 bits per heavy atom. The van der Waals surface area contributed by atoms with Crippen LogP contribution in [-0.2, 0) is 0 Å². The van der Waals surface area contributed by atoms with Crippen molar-refractivity contribution in [3.63, 3.8) is 0 Å². The molecule has 1 N–H and O–H groups in total. The Morgan fingerprint density at radius 3 is 2.22 bits per heavy atom. The first-order valence-electron chi connectivity index (χ1n) is 8.77. The van der Waals surface area contributed by atoms with Crippen molar-refractivity contribution in [2.45, 2.75) is 40.7 Å². The monoisotopic (exact) mass is 367 g/mol. The molecular formula is C21H22FN3O2. The zero-order valence-electron chi connectivity index (χ0n) is 16.1. The first kappa shape index (κ1) is 18.8. The largest absolute Gasteiger partial charge is 0.473 e. The number of anilines is 1. The average molecular weight is 367 g/mol. The van der Waals surface area contributed by atoms with E-state index in [2.05, 4.69) is 15.3 Å². The van der Waals surface area contributed by atoms with E-state index in [9.17, 15) is 9.18 Å². The van der Waals surface area contributed by atoms with Gasteiger partial charge in [0.15, 0.2) is 5.69 Å². The molecule has 0 saturated carbocycles. The van der Waals surface area contributed by atoms with E-state index in [1.165, 1.54) is 6.07 Å². The van der Waals surface area contributed by atoms with Crippen molar-refractivity contribution in [2.24, 2.45) is 0 Å². The van der Waals surface area contributed by atoms with Crippen molar-refractivity contribution in [1.29, 1.82) is 0 Å². The van der Waals surface area contributed by atoms with E-state index in [1.807, 2.05) is 39.8 Å². The van der Waals surface area contributed by atoms with Gasteiger partial charge in [0.05, 0.1) is 17.1 Å². The predicted octanol–water partition coefficient (Wildman–Crippen LogP) is 4.73. The maximum absolute atomic E-state index is 13.8. The highest BCUT2D eigenvalue weighted by molar-refractivity contribution is 6.05. The van der Waals surface area contributed by atoms with Crippen molar-refractivity contribution in [1.82, 2.24) is 9.97 Å². The molecule has 0 aliphatic carbocycles. The van der Waals surface area contributed by atoms with Gasteiger partial charge in [-0.15, -0.1) is 0 Å². The standard InChI is InChI=1S/C21H22FN3O2/c1-11(2)27-21-19(20(26)23-15-7-6-12(3)16(22)10-15)24-17-8-13(4)14(5)9-18(17)25-21/h6-11H,1-5H3,(H,23,26). The Balaban J connectivity index is 2.05. The van der Waals surface area contributed by atoms with Crippen LogP contribution in [0.1, 0.15) is 41.0 Å². The lowest BCUT2D eigenvalue weighted by Crippen LogP contribution is -2.19. The topological polar surface area (TPSA) is 64.1 Å². The lowest BCUT2D eigenvalue weighted by molar-refractivity contribution is 0.101. The highest BCUT2D eigenvalue weighted by Gasteiger charge is 2.20. The summed E-state index contributed by atoms with van der Waals surface area (Å²) in [5.74, 6) is -0.727. The molecule has 0 radical (unpaired) electrons. The summed E-state index contributed by atoms with van der Waals surface area (Å²) in [6.07, 6.45) is -0.174. The van der Waals surface area contributed by atoms with Crippen molar-refractivity contribution in [3.05, 3.63) is 58.5 Å². The van der Waals surface area contributed by atoms with Crippen LogP contribution >= 0.6 is 0 Å². The van der Waals surface area contributed by atoms with E-state index < -0.39 is 5.91 Å². The van der Waals surface area contributed by atoms with Gasteiger partial charge in [-0.25, -0.2) is 14.4 Å². The summed E-state index contributed by atoms with van der Waals surface area (Å²) in [7, 11) is 0. The van der Waals surface area contributed by atoms with Crippen molar-refractivity contribution < 1.29 is 13.9 Å². The van der Waals surface area contributed by atoms with Gasteiger partial charge in [-0.3, -0.25) is 4.79 Å². The van der Waals surface area contributed by atoms with Gasteiger partial charge in [-0.2, -0.15) is 0 Å². The molecular weight excluding hydrogens is 345 g/mol. The zero-order valence-corrected chi connectivity index (χ0v) is 16.1. The Labute approximate surface area is 157 Å². The number of fused-ring (bicyclic) bond motifs is 1. The fourth-order valence-corrected chi connectivity index (χ4v) is 2.61. The van der Waals surface area contributed by atoms with Crippen LogP contribution in [0.4, 0.5) is 10.1 Å². The molecule has 0 bridgehead atoms. The molecule has 5 nitrogen and oxygen atoms in total. The number of nitrogens with one attached hydrogen (secondary N) is 1. The number of hydrogen-bond acceptors (Lipinski definition) is 4. The molecule has 27 heavy (non-hydrogen) atoms.